The van der Waals surface area contributed by atoms with Crippen LogP contribution >= 0.6 is 11.6 Å². The van der Waals surface area contributed by atoms with Crippen molar-refractivity contribution >= 4 is 17.4 Å². The number of aromatic nitrogens is 2. The molecule has 0 aliphatic carbocycles. The van der Waals surface area contributed by atoms with Crippen LogP contribution in [0.1, 0.15) is 11.5 Å². The quantitative estimate of drug-likeness (QED) is 0.877. The van der Waals surface area contributed by atoms with Gasteiger partial charge >= 0.3 is 6.18 Å². The third-order valence-electron chi connectivity index (χ3n) is 2.25. The van der Waals surface area contributed by atoms with E-state index in [1.807, 2.05) is 0 Å². The van der Waals surface area contributed by atoms with Gasteiger partial charge in [0, 0.05) is 19.0 Å². The number of rotatable bonds is 4. The first-order valence-corrected chi connectivity index (χ1v) is 5.71. The smallest absolute Gasteiger partial charge is 0.433 e. The molecule has 19 heavy (non-hydrogen) atoms. The summed E-state index contributed by atoms with van der Waals surface area (Å²) >= 11 is 5.45. The SMILES string of the molecule is FC(F)(F)c1cc(NCCc2ccco2)nc(Cl)n1. The molecule has 8 heteroatoms. The summed E-state index contributed by atoms with van der Waals surface area (Å²) < 4.78 is 42.6. The van der Waals surface area contributed by atoms with Gasteiger partial charge in [-0.2, -0.15) is 13.2 Å². The molecule has 0 aromatic carbocycles. The summed E-state index contributed by atoms with van der Waals surface area (Å²) in [6, 6.07) is 4.32. The molecule has 1 N–H and O–H groups in total. The molecule has 4 nitrogen and oxygen atoms in total. The molecule has 0 aliphatic heterocycles. The van der Waals surface area contributed by atoms with Gasteiger partial charge in [0.25, 0.3) is 0 Å². The van der Waals surface area contributed by atoms with Crippen LogP contribution in [0, 0.1) is 0 Å². The van der Waals surface area contributed by atoms with E-state index in [1.165, 1.54) is 6.26 Å². The lowest BCUT2D eigenvalue weighted by Gasteiger charge is -2.09. The van der Waals surface area contributed by atoms with E-state index in [-0.39, 0.29) is 5.82 Å². The molecule has 102 valence electrons. The average molecular weight is 292 g/mol. The monoisotopic (exact) mass is 291 g/mol. The predicted octanol–water partition coefficient (Wildman–Crippen LogP) is 3.40. The Bertz CT molecular complexity index is 543. The summed E-state index contributed by atoms with van der Waals surface area (Å²) in [5.41, 5.74) is -1.08. The van der Waals surface area contributed by atoms with Crippen LogP contribution in [0.2, 0.25) is 5.28 Å². The molecule has 0 aliphatic rings. The second kappa shape index (κ2) is 5.48. The van der Waals surface area contributed by atoms with Gasteiger partial charge in [0.2, 0.25) is 5.28 Å². The molecule has 2 heterocycles. The second-order valence-corrected chi connectivity index (χ2v) is 4.00. The first kappa shape index (κ1) is 13.7. The zero-order chi connectivity index (χ0) is 13.9. The van der Waals surface area contributed by atoms with Gasteiger partial charge in [0.05, 0.1) is 6.26 Å². The van der Waals surface area contributed by atoms with Crippen molar-refractivity contribution in [1.29, 1.82) is 0 Å². The minimum atomic E-state index is -4.55. The van der Waals surface area contributed by atoms with Crippen molar-refractivity contribution in [1.82, 2.24) is 9.97 Å². The van der Waals surface area contributed by atoms with Crippen LogP contribution in [0.5, 0.6) is 0 Å². The van der Waals surface area contributed by atoms with Gasteiger partial charge in [-0.25, -0.2) is 9.97 Å². The van der Waals surface area contributed by atoms with Crippen LogP contribution in [-0.4, -0.2) is 16.5 Å². The molecule has 0 unspecified atom stereocenters. The Morgan fingerprint density at radius 1 is 1.32 bits per heavy atom. The highest BCUT2D eigenvalue weighted by molar-refractivity contribution is 6.28. The standard InChI is InChI=1S/C11H9ClF3N3O/c12-10-17-8(11(13,14)15)6-9(18-10)16-4-3-7-2-1-5-19-7/h1-2,5-6H,3-4H2,(H,16,17,18). The molecule has 0 saturated heterocycles. The third kappa shape index (κ3) is 3.85. The third-order valence-corrected chi connectivity index (χ3v) is 2.42. The van der Waals surface area contributed by atoms with Gasteiger partial charge < -0.3 is 9.73 Å². The van der Waals surface area contributed by atoms with E-state index < -0.39 is 17.2 Å². The number of hydrogen-bond donors (Lipinski definition) is 1. The first-order chi connectivity index (χ1) is 8.95. The van der Waals surface area contributed by atoms with E-state index in [0.717, 1.165) is 11.8 Å². The van der Waals surface area contributed by atoms with Crippen molar-refractivity contribution < 1.29 is 17.6 Å². The molecular formula is C11H9ClF3N3O. The number of furan rings is 1. The number of alkyl halides is 3. The second-order valence-electron chi connectivity index (χ2n) is 3.66. The summed E-state index contributed by atoms with van der Waals surface area (Å²) in [7, 11) is 0. The summed E-state index contributed by atoms with van der Waals surface area (Å²) in [5.74, 6) is 0.752. The van der Waals surface area contributed by atoms with Gasteiger partial charge in [-0.3, -0.25) is 0 Å². The maximum atomic E-state index is 12.5. The topological polar surface area (TPSA) is 51.0 Å². The van der Waals surface area contributed by atoms with Crippen molar-refractivity contribution in [2.75, 3.05) is 11.9 Å². The lowest BCUT2D eigenvalue weighted by molar-refractivity contribution is -0.141. The molecule has 2 aromatic heterocycles. The zero-order valence-electron chi connectivity index (χ0n) is 9.54. The molecular weight excluding hydrogens is 283 g/mol. The lowest BCUT2D eigenvalue weighted by Crippen LogP contribution is -2.12. The normalized spacial score (nSPS) is 11.6. The van der Waals surface area contributed by atoms with Crippen LogP contribution < -0.4 is 5.32 Å². The highest BCUT2D eigenvalue weighted by Gasteiger charge is 2.33. The van der Waals surface area contributed by atoms with Gasteiger partial charge in [0.15, 0.2) is 5.69 Å². The Kier molecular flexibility index (Phi) is 3.94. The molecule has 2 rings (SSSR count). The molecule has 0 amide bonds. The predicted molar refractivity (Wildman–Crippen MR) is 62.9 cm³/mol. The van der Waals surface area contributed by atoms with E-state index in [0.29, 0.717) is 13.0 Å². The van der Waals surface area contributed by atoms with Gasteiger partial charge in [-0.05, 0) is 23.7 Å². The van der Waals surface area contributed by atoms with Crippen molar-refractivity contribution in [3.8, 4) is 0 Å². The molecule has 0 spiro atoms. The molecule has 2 aromatic rings. The molecule has 0 bridgehead atoms. The number of halogens is 4. The van der Waals surface area contributed by atoms with Crippen LogP contribution in [0.25, 0.3) is 0 Å². The number of nitrogens with zero attached hydrogens (tertiary/aromatic N) is 2. The van der Waals surface area contributed by atoms with E-state index in [4.69, 9.17) is 16.0 Å². The van der Waals surface area contributed by atoms with Crippen molar-refractivity contribution in [3.63, 3.8) is 0 Å². The van der Waals surface area contributed by atoms with Crippen molar-refractivity contribution in [2.24, 2.45) is 0 Å². The minimum Gasteiger partial charge on any atom is -0.469 e. The Hall–Kier alpha value is -1.76. The van der Waals surface area contributed by atoms with E-state index in [2.05, 4.69) is 15.3 Å². The largest absolute Gasteiger partial charge is 0.469 e. The minimum absolute atomic E-state index is 0.0267. The summed E-state index contributed by atoms with van der Waals surface area (Å²) in [6.07, 6.45) is -2.50. The average Bonchev–Trinajstić information content (AvgIpc) is 2.80. The van der Waals surface area contributed by atoms with Crippen LogP contribution in [0.3, 0.4) is 0 Å². The fourth-order valence-corrected chi connectivity index (χ4v) is 1.60. The first-order valence-electron chi connectivity index (χ1n) is 5.33. The van der Waals surface area contributed by atoms with E-state index >= 15 is 0 Å². The van der Waals surface area contributed by atoms with Crippen LogP contribution in [0.4, 0.5) is 19.0 Å². The summed E-state index contributed by atoms with van der Waals surface area (Å²) in [6.45, 7) is 0.373. The maximum absolute atomic E-state index is 12.5. The molecule has 0 atom stereocenters. The van der Waals surface area contributed by atoms with Gasteiger partial charge in [-0.1, -0.05) is 0 Å². The molecule has 0 radical (unpaired) electrons. The van der Waals surface area contributed by atoms with E-state index in [1.54, 1.807) is 12.1 Å². The fraction of sp³-hybridized carbons (Fsp3) is 0.273. The highest BCUT2D eigenvalue weighted by atomic mass is 35.5. The van der Waals surface area contributed by atoms with E-state index in [9.17, 15) is 13.2 Å². The zero-order valence-corrected chi connectivity index (χ0v) is 10.3. The Balaban J connectivity index is 2.02. The van der Waals surface area contributed by atoms with Crippen LogP contribution in [-0.2, 0) is 12.6 Å². The van der Waals surface area contributed by atoms with Crippen molar-refractivity contribution in [3.05, 3.63) is 41.2 Å². The summed E-state index contributed by atoms with van der Waals surface area (Å²) in [5, 5.41) is 2.29. The molecule has 0 fully saturated rings. The Labute approximate surface area is 111 Å². The summed E-state index contributed by atoms with van der Waals surface area (Å²) in [4.78, 5) is 6.81. The number of anilines is 1. The lowest BCUT2D eigenvalue weighted by atomic mass is 10.3. The Morgan fingerprint density at radius 3 is 2.74 bits per heavy atom. The van der Waals surface area contributed by atoms with Gasteiger partial charge in [0.1, 0.15) is 11.6 Å². The van der Waals surface area contributed by atoms with Crippen LogP contribution in [0.15, 0.2) is 28.9 Å². The Morgan fingerprint density at radius 2 is 2.11 bits per heavy atom. The fourth-order valence-electron chi connectivity index (χ4n) is 1.42. The van der Waals surface area contributed by atoms with Crippen molar-refractivity contribution in [2.45, 2.75) is 12.6 Å². The van der Waals surface area contributed by atoms with Gasteiger partial charge in [-0.15, -0.1) is 0 Å². The number of hydrogen-bond acceptors (Lipinski definition) is 4. The number of nitrogens with one attached hydrogen (secondary N) is 1. The maximum Gasteiger partial charge on any atom is 0.433 e. The molecule has 0 saturated carbocycles. The highest BCUT2D eigenvalue weighted by Crippen LogP contribution is 2.29.